The number of amides is 2. The third-order valence-corrected chi connectivity index (χ3v) is 8.15. The lowest BCUT2D eigenvalue weighted by Crippen LogP contribution is -2.54. The zero-order chi connectivity index (χ0) is 26.3. The maximum atomic E-state index is 13.7. The van der Waals surface area contributed by atoms with Crippen LogP contribution in [0.2, 0.25) is 5.02 Å². The number of sulfonamides is 1. The zero-order valence-electron chi connectivity index (χ0n) is 21.2. The number of benzene rings is 2. The molecule has 0 spiro atoms. The maximum Gasteiger partial charge on any atom is 0.244 e. The first kappa shape index (κ1) is 28.0. The fraction of sp³-hybridized carbons (Fsp3) is 0.481. The van der Waals surface area contributed by atoms with E-state index in [-0.39, 0.29) is 18.5 Å². The number of hydrogen-bond acceptors (Lipinski definition) is 4. The van der Waals surface area contributed by atoms with Crippen LogP contribution in [-0.2, 0) is 26.2 Å². The van der Waals surface area contributed by atoms with Crippen molar-refractivity contribution in [3.8, 4) is 0 Å². The molecule has 0 radical (unpaired) electrons. The number of halogens is 1. The highest BCUT2D eigenvalue weighted by Gasteiger charge is 2.33. The lowest BCUT2D eigenvalue weighted by molar-refractivity contribution is -0.140. The number of nitrogens with zero attached hydrogens (tertiary/aromatic N) is 2. The van der Waals surface area contributed by atoms with Crippen LogP contribution >= 0.6 is 11.6 Å². The lowest BCUT2D eigenvalue weighted by atomic mass is 9.95. The normalized spacial score (nSPS) is 15.2. The van der Waals surface area contributed by atoms with Crippen LogP contribution in [0.1, 0.15) is 56.6 Å². The van der Waals surface area contributed by atoms with Gasteiger partial charge in [0.25, 0.3) is 0 Å². The van der Waals surface area contributed by atoms with E-state index < -0.39 is 28.5 Å². The molecule has 1 aliphatic carbocycles. The predicted molar refractivity (Wildman–Crippen MR) is 144 cm³/mol. The van der Waals surface area contributed by atoms with Gasteiger partial charge in [-0.1, -0.05) is 73.7 Å². The topological polar surface area (TPSA) is 86.8 Å². The minimum atomic E-state index is -3.76. The Kier molecular flexibility index (Phi) is 9.79. The molecule has 2 aromatic carbocycles. The van der Waals surface area contributed by atoms with Crippen LogP contribution in [0.3, 0.4) is 0 Å². The molecule has 0 heterocycles. The molecule has 9 heteroatoms. The molecule has 1 saturated carbocycles. The third kappa shape index (κ3) is 7.46. The van der Waals surface area contributed by atoms with Crippen molar-refractivity contribution in [2.75, 3.05) is 17.1 Å². The average molecular weight is 534 g/mol. The summed E-state index contributed by atoms with van der Waals surface area (Å²) in [7, 11) is -3.76. The number of hydrogen-bond donors (Lipinski definition) is 1. The Balaban J connectivity index is 1.91. The van der Waals surface area contributed by atoms with Crippen LogP contribution in [0.15, 0.2) is 48.5 Å². The van der Waals surface area contributed by atoms with Crippen molar-refractivity contribution in [3.63, 3.8) is 0 Å². The van der Waals surface area contributed by atoms with Crippen molar-refractivity contribution in [2.45, 2.75) is 71.0 Å². The van der Waals surface area contributed by atoms with Crippen molar-refractivity contribution in [3.05, 3.63) is 64.7 Å². The molecule has 1 aliphatic rings. The molecule has 1 atom stereocenters. The van der Waals surface area contributed by atoms with Gasteiger partial charge in [0.15, 0.2) is 0 Å². The largest absolute Gasteiger partial charge is 0.352 e. The van der Waals surface area contributed by atoms with E-state index in [0.29, 0.717) is 22.7 Å². The molecule has 2 aromatic rings. The molecule has 1 fully saturated rings. The smallest absolute Gasteiger partial charge is 0.244 e. The van der Waals surface area contributed by atoms with Crippen LogP contribution in [0.25, 0.3) is 0 Å². The molecule has 2 amide bonds. The quantitative estimate of drug-likeness (QED) is 0.481. The molecular formula is C27H36ClN3O4S. The highest BCUT2D eigenvalue weighted by molar-refractivity contribution is 7.92. The van der Waals surface area contributed by atoms with Gasteiger partial charge in [0, 0.05) is 17.6 Å². The summed E-state index contributed by atoms with van der Waals surface area (Å²) in [6.07, 6.45) is 6.63. The van der Waals surface area contributed by atoms with Crippen LogP contribution in [0.5, 0.6) is 0 Å². The molecule has 0 saturated heterocycles. The highest BCUT2D eigenvalue weighted by atomic mass is 35.5. The summed E-state index contributed by atoms with van der Waals surface area (Å²) in [6.45, 7) is 3.44. The van der Waals surface area contributed by atoms with Gasteiger partial charge in [-0.2, -0.15) is 0 Å². The first-order valence-electron chi connectivity index (χ1n) is 12.5. The molecule has 36 heavy (non-hydrogen) atoms. The Morgan fingerprint density at radius 1 is 1.06 bits per heavy atom. The molecule has 3 rings (SSSR count). The van der Waals surface area contributed by atoms with Gasteiger partial charge in [0.2, 0.25) is 21.8 Å². The Morgan fingerprint density at radius 3 is 2.28 bits per heavy atom. The second-order valence-electron chi connectivity index (χ2n) is 9.49. The second kappa shape index (κ2) is 12.6. The van der Waals surface area contributed by atoms with Gasteiger partial charge in [0.05, 0.1) is 11.9 Å². The Hall–Kier alpha value is -2.58. The number of anilines is 1. The van der Waals surface area contributed by atoms with Crippen LogP contribution in [-0.4, -0.2) is 50.0 Å². The van der Waals surface area contributed by atoms with Gasteiger partial charge >= 0.3 is 0 Å². The minimum absolute atomic E-state index is 0.0950. The fourth-order valence-corrected chi connectivity index (χ4v) is 5.64. The van der Waals surface area contributed by atoms with Crippen molar-refractivity contribution >= 4 is 39.1 Å². The SMILES string of the molecule is CC[C@H](C(=O)NC1CCCCC1)N(Cc1ccccc1Cl)C(=O)CN(c1ccc(C)cc1)S(C)(=O)=O. The van der Waals surface area contributed by atoms with E-state index >= 15 is 0 Å². The zero-order valence-corrected chi connectivity index (χ0v) is 22.8. The summed E-state index contributed by atoms with van der Waals surface area (Å²) < 4.78 is 26.4. The van der Waals surface area contributed by atoms with E-state index in [2.05, 4.69) is 5.32 Å². The highest BCUT2D eigenvalue weighted by Crippen LogP contribution is 2.23. The molecule has 0 unspecified atom stereocenters. The predicted octanol–water partition coefficient (Wildman–Crippen LogP) is 4.67. The van der Waals surface area contributed by atoms with E-state index in [1.165, 1.54) is 11.3 Å². The summed E-state index contributed by atoms with van der Waals surface area (Å²) in [5.74, 6) is -0.683. The molecule has 7 nitrogen and oxygen atoms in total. The number of nitrogens with one attached hydrogen (secondary N) is 1. The monoisotopic (exact) mass is 533 g/mol. The molecule has 0 aromatic heterocycles. The molecule has 196 valence electrons. The van der Waals surface area contributed by atoms with E-state index in [4.69, 9.17) is 11.6 Å². The maximum absolute atomic E-state index is 13.7. The van der Waals surface area contributed by atoms with Crippen molar-refractivity contribution in [1.29, 1.82) is 0 Å². The lowest BCUT2D eigenvalue weighted by Gasteiger charge is -2.34. The van der Waals surface area contributed by atoms with Gasteiger partial charge in [-0.05, 0) is 49.9 Å². The first-order valence-corrected chi connectivity index (χ1v) is 14.7. The second-order valence-corrected chi connectivity index (χ2v) is 11.8. The molecule has 1 N–H and O–H groups in total. The summed E-state index contributed by atoms with van der Waals surface area (Å²) in [6, 6.07) is 13.5. The molecule has 0 bridgehead atoms. The number of aryl methyl sites for hydroxylation is 1. The number of carbonyl (C=O) groups is 2. The van der Waals surface area contributed by atoms with Gasteiger partial charge in [0.1, 0.15) is 12.6 Å². The Morgan fingerprint density at radius 2 is 1.69 bits per heavy atom. The van der Waals surface area contributed by atoms with Gasteiger partial charge in [-0.15, -0.1) is 0 Å². The van der Waals surface area contributed by atoms with E-state index in [1.807, 2.05) is 26.0 Å². The van der Waals surface area contributed by atoms with E-state index in [9.17, 15) is 18.0 Å². The molecule has 0 aliphatic heterocycles. The summed E-state index contributed by atoms with van der Waals surface area (Å²) >= 11 is 6.40. The van der Waals surface area contributed by atoms with Gasteiger partial charge < -0.3 is 10.2 Å². The average Bonchev–Trinajstić information content (AvgIpc) is 2.84. The van der Waals surface area contributed by atoms with Crippen LogP contribution in [0.4, 0.5) is 5.69 Å². The first-order chi connectivity index (χ1) is 17.1. The van der Waals surface area contributed by atoms with Crippen LogP contribution < -0.4 is 9.62 Å². The van der Waals surface area contributed by atoms with Crippen molar-refractivity contribution in [1.82, 2.24) is 10.2 Å². The fourth-order valence-electron chi connectivity index (χ4n) is 4.60. The summed E-state index contributed by atoms with van der Waals surface area (Å²) in [4.78, 5) is 28.6. The van der Waals surface area contributed by atoms with Gasteiger partial charge in [-0.3, -0.25) is 13.9 Å². The number of rotatable bonds is 10. The summed E-state index contributed by atoms with van der Waals surface area (Å²) in [5.41, 5.74) is 2.07. The number of carbonyl (C=O) groups excluding carboxylic acids is 2. The minimum Gasteiger partial charge on any atom is -0.352 e. The van der Waals surface area contributed by atoms with E-state index in [1.54, 1.807) is 36.4 Å². The Labute approximate surface area is 219 Å². The summed E-state index contributed by atoms with van der Waals surface area (Å²) in [5, 5.41) is 3.61. The van der Waals surface area contributed by atoms with Gasteiger partial charge in [-0.25, -0.2) is 8.42 Å². The molecular weight excluding hydrogens is 498 g/mol. The third-order valence-electron chi connectivity index (χ3n) is 6.64. The standard InChI is InChI=1S/C27H36ClN3O4S/c1-4-25(27(33)29-22-11-6-5-7-12-22)30(18-21-10-8-9-13-24(21)28)26(32)19-31(36(3,34)35)23-16-14-20(2)15-17-23/h8-10,13-17,22,25H,4-7,11-12,18-19H2,1-3H3,(H,29,33)/t25-/m1/s1. The van der Waals surface area contributed by atoms with Crippen LogP contribution in [0, 0.1) is 6.92 Å². The van der Waals surface area contributed by atoms with E-state index in [0.717, 1.165) is 41.8 Å². The van der Waals surface area contributed by atoms with Crippen molar-refractivity contribution in [2.24, 2.45) is 0 Å². The Bertz CT molecular complexity index is 1150. The van der Waals surface area contributed by atoms with Crippen molar-refractivity contribution < 1.29 is 18.0 Å².